The number of imide groups is 1. The average molecular weight is 254 g/mol. The second kappa shape index (κ2) is 5.35. The molecule has 0 saturated carbocycles. The number of hydrogen-bond acceptors (Lipinski definition) is 3. The van der Waals surface area contributed by atoms with Crippen LogP contribution in [0, 0.1) is 0 Å². The molecule has 0 bridgehead atoms. The molecule has 3 amide bonds. The molecule has 0 spiro atoms. The third kappa shape index (κ3) is 3.88. The standard InChI is InChI=1S/C9H13F3N2O3/c1-17-4-2-3-6-7(15)14(8(16)13-6)5-9(10,11)12/h6H,2-5H2,1H3,(H,13,16). The predicted molar refractivity (Wildman–Crippen MR) is 51.2 cm³/mol. The Morgan fingerprint density at radius 3 is 2.59 bits per heavy atom. The first-order valence-electron chi connectivity index (χ1n) is 5.02. The molecule has 98 valence electrons. The first-order chi connectivity index (χ1) is 7.85. The molecule has 0 aromatic heterocycles. The lowest BCUT2D eigenvalue weighted by atomic mass is 10.1. The van der Waals surface area contributed by atoms with Crippen molar-refractivity contribution in [3.8, 4) is 0 Å². The molecule has 0 aliphatic carbocycles. The minimum absolute atomic E-state index is 0.192. The fourth-order valence-electron chi connectivity index (χ4n) is 1.53. The molecule has 1 aliphatic rings. The van der Waals surface area contributed by atoms with Gasteiger partial charge in [0, 0.05) is 13.7 Å². The molecule has 1 saturated heterocycles. The van der Waals surface area contributed by atoms with E-state index in [0.29, 0.717) is 13.0 Å². The minimum atomic E-state index is -4.57. The summed E-state index contributed by atoms with van der Waals surface area (Å²) in [5.41, 5.74) is 0. The first kappa shape index (κ1) is 13.8. The SMILES string of the molecule is COCCCC1NC(=O)N(CC(F)(F)F)C1=O. The maximum absolute atomic E-state index is 12.1. The van der Waals surface area contributed by atoms with Crippen molar-refractivity contribution in [3.63, 3.8) is 0 Å². The molecule has 1 fully saturated rings. The molecule has 1 rings (SSSR count). The van der Waals surface area contributed by atoms with Gasteiger partial charge >= 0.3 is 12.2 Å². The first-order valence-corrected chi connectivity index (χ1v) is 5.02. The van der Waals surface area contributed by atoms with E-state index in [1.54, 1.807) is 0 Å². The van der Waals surface area contributed by atoms with Crippen molar-refractivity contribution < 1.29 is 27.5 Å². The summed E-state index contributed by atoms with van der Waals surface area (Å²) < 4.78 is 41.0. The maximum Gasteiger partial charge on any atom is 0.406 e. The summed E-state index contributed by atoms with van der Waals surface area (Å²) in [7, 11) is 1.48. The molecule has 0 aromatic carbocycles. The van der Waals surface area contributed by atoms with Crippen LogP contribution in [-0.4, -0.2) is 49.3 Å². The summed E-state index contributed by atoms with van der Waals surface area (Å²) >= 11 is 0. The van der Waals surface area contributed by atoms with Gasteiger partial charge < -0.3 is 10.1 Å². The molecule has 1 N–H and O–H groups in total. The highest BCUT2D eigenvalue weighted by atomic mass is 19.4. The molecule has 1 aliphatic heterocycles. The van der Waals surface area contributed by atoms with Crippen molar-refractivity contribution in [3.05, 3.63) is 0 Å². The molecule has 0 aromatic rings. The van der Waals surface area contributed by atoms with Gasteiger partial charge in [-0.3, -0.25) is 9.69 Å². The number of nitrogens with zero attached hydrogens (tertiary/aromatic N) is 1. The van der Waals surface area contributed by atoms with Crippen LogP contribution in [0.3, 0.4) is 0 Å². The second-order valence-electron chi connectivity index (χ2n) is 3.68. The molecular formula is C9H13F3N2O3. The maximum atomic E-state index is 12.1. The van der Waals surface area contributed by atoms with E-state index in [1.807, 2.05) is 0 Å². The second-order valence-corrected chi connectivity index (χ2v) is 3.68. The Balaban J connectivity index is 2.53. The van der Waals surface area contributed by atoms with Crippen molar-refractivity contribution in [2.75, 3.05) is 20.3 Å². The molecule has 17 heavy (non-hydrogen) atoms. The lowest BCUT2D eigenvalue weighted by molar-refractivity contribution is -0.153. The zero-order chi connectivity index (χ0) is 13.1. The number of nitrogens with one attached hydrogen (secondary N) is 1. The molecule has 1 heterocycles. The molecule has 0 radical (unpaired) electrons. The monoisotopic (exact) mass is 254 g/mol. The number of methoxy groups -OCH3 is 1. The lowest BCUT2D eigenvalue weighted by Crippen LogP contribution is -2.39. The summed E-state index contributed by atoms with van der Waals surface area (Å²) in [5, 5.41) is 2.22. The van der Waals surface area contributed by atoms with Crippen LogP contribution in [0.5, 0.6) is 0 Å². The number of rotatable bonds is 5. The number of carbonyl (C=O) groups excluding carboxylic acids is 2. The Morgan fingerprint density at radius 1 is 1.41 bits per heavy atom. The largest absolute Gasteiger partial charge is 0.406 e. The molecule has 1 atom stereocenters. The van der Waals surface area contributed by atoms with E-state index in [0.717, 1.165) is 0 Å². The van der Waals surface area contributed by atoms with E-state index < -0.39 is 30.7 Å². The third-order valence-electron chi connectivity index (χ3n) is 2.29. The Labute approximate surface area is 95.9 Å². The van der Waals surface area contributed by atoms with Gasteiger partial charge in [0.15, 0.2) is 0 Å². The number of hydrogen-bond donors (Lipinski definition) is 1. The van der Waals surface area contributed by atoms with Crippen LogP contribution in [0.1, 0.15) is 12.8 Å². The van der Waals surface area contributed by atoms with Gasteiger partial charge in [-0.05, 0) is 12.8 Å². The van der Waals surface area contributed by atoms with Crippen molar-refractivity contribution in [1.29, 1.82) is 0 Å². The molecule has 1 unspecified atom stereocenters. The number of halogens is 3. The van der Waals surface area contributed by atoms with E-state index >= 15 is 0 Å². The average Bonchev–Trinajstić information content (AvgIpc) is 2.45. The number of alkyl halides is 3. The third-order valence-corrected chi connectivity index (χ3v) is 2.29. The smallest absolute Gasteiger partial charge is 0.385 e. The summed E-state index contributed by atoms with van der Waals surface area (Å²) in [6.07, 6.45) is -3.81. The number of amides is 3. The van der Waals surface area contributed by atoms with E-state index in [1.165, 1.54) is 7.11 Å². The van der Waals surface area contributed by atoms with E-state index in [-0.39, 0.29) is 11.3 Å². The molecule has 8 heteroatoms. The van der Waals surface area contributed by atoms with Crippen molar-refractivity contribution >= 4 is 11.9 Å². The van der Waals surface area contributed by atoms with Crippen LogP contribution in [-0.2, 0) is 9.53 Å². The summed E-state index contributed by atoms with van der Waals surface area (Å²) in [5.74, 6) is -0.830. The lowest BCUT2D eigenvalue weighted by Gasteiger charge is -2.14. The van der Waals surface area contributed by atoms with Gasteiger partial charge in [-0.25, -0.2) is 4.79 Å². The van der Waals surface area contributed by atoms with Crippen molar-refractivity contribution in [2.24, 2.45) is 0 Å². The summed E-state index contributed by atoms with van der Waals surface area (Å²) in [6, 6.07) is -1.87. The number of carbonyl (C=O) groups is 2. The van der Waals surface area contributed by atoms with E-state index in [2.05, 4.69) is 5.32 Å². The Hall–Kier alpha value is -1.31. The van der Waals surface area contributed by atoms with E-state index in [9.17, 15) is 22.8 Å². The Kier molecular flexibility index (Phi) is 4.33. The number of ether oxygens (including phenoxy) is 1. The van der Waals surface area contributed by atoms with E-state index in [4.69, 9.17) is 4.74 Å². The quantitative estimate of drug-likeness (QED) is 0.585. The highest BCUT2D eigenvalue weighted by Gasteiger charge is 2.43. The zero-order valence-corrected chi connectivity index (χ0v) is 9.21. The Bertz CT molecular complexity index is 306. The normalized spacial score (nSPS) is 20.9. The van der Waals surface area contributed by atoms with Crippen LogP contribution in [0.2, 0.25) is 0 Å². The molecule has 5 nitrogen and oxygen atoms in total. The van der Waals surface area contributed by atoms with Crippen LogP contribution in [0.4, 0.5) is 18.0 Å². The van der Waals surface area contributed by atoms with Crippen molar-refractivity contribution in [1.82, 2.24) is 10.2 Å². The van der Waals surface area contributed by atoms with Gasteiger partial charge in [0.05, 0.1) is 0 Å². The van der Waals surface area contributed by atoms with Gasteiger partial charge in [0.2, 0.25) is 0 Å². The van der Waals surface area contributed by atoms with Gasteiger partial charge in [0.1, 0.15) is 12.6 Å². The van der Waals surface area contributed by atoms with Gasteiger partial charge in [0.25, 0.3) is 5.91 Å². The number of urea groups is 1. The molecular weight excluding hydrogens is 241 g/mol. The van der Waals surface area contributed by atoms with Gasteiger partial charge in [-0.2, -0.15) is 13.2 Å². The fourth-order valence-corrected chi connectivity index (χ4v) is 1.53. The zero-order valence-electron chi connectivity index (χ0n) is 9.21. The van der Waals surface area contributed by atoms with Crippen LogP contribution in [0.15, 0.2) is 0 Å². The van der Waals surface area contributed by atoms with Crippen LogP contribution < -0.4 is 5.32 Å². The highest BCUT2D eigenvalue weighted by molar-refractivity contribution is 6.04. The van der Waals surface area contributed by atoms with Crippen LogP contribution >= 0.6 is 0 Å². The summed E-state index contributed by atoms with van der Waals surface area (Å²) in [4.78, 5) is 22.8. The Morgan fingerprint density at radius 2 is 2.06 bits per heavy atom. The van der Waals surface area contributed by atoms with Crippen LogP contribution in [0.25, 0.3) is 0 Å². The van der Waals surface area contributed by atoms with Gasteiger partial charge in [-0.1, -0.05) is 0 Å². The highest BCUT2D eigenvalue weighted by Crippen LogP contribution is 2.20. The fraction of sp³-hybridized carbons (Fsp3) is 0.778. The van der Waals surface area contributed by atoms with Crippen molar-refractivity contribution in [2.45, 2.75) is 25.1 Å². The topological polar surface area (TPSA) is 58.6 Å². The minimum Gasteiger partial charge on any atom is -0.385 e. The van der Waals surface area contributed by atoms with Gasteiger partial charge in [-0.15, -0.1) is 0 Å². The summed E-state index contributed by atoms with van der Waals surface area (Å²) in [6.45, 7) is -1.16. The predicted octanol–water partition coefficient (Wildman–Crippen LogP) is 0.896.